The molecule has 0 bridgehead atoms. The molecule has 0 aliphatic heterocycles. The molecule has 2 nitrogen and oxygen atoms in total. The minimum absolute atomic E-state index is 0.145. The van der Waals surface area contributed by atoms with E-state index < -0.39 is 0 Å². The molecule has 1 radical (unpaired) electrons. The first kappa shape index (κ1) is 9.59. The Bertz CT molecular complexity index is 448. The average Bonchev–Trinajstić information content (AvgIpc) is 2.22. The van der Waals surface area contributed by atoms with Crippen LogP contribution < -0.4 is 5.32 Å². The molecule has 0 aromatic heterocycles. The number of phenolic OH excluding ortho intramolecular Hbond substituents is 1. The molecule has 0 spiro atoms. The fourth-order valence-electron chi connectivity index (χ4n) is 1.34. The summed E-state index contributed by atoms with van der Waals surface area (Å²) >= 11 is 0. The van der Waals surface area contributed by atoms with Crippen molar-refractivity contribution in [2.75, 3.05) is 5.32 Å². The fourth-order valence-corrected chi connectivity index (χ4v) is 1.34. The molecule has 2 aromatic rings. The van der Waals surface area contributed by atoms with Crippen molar-refractivity contribution in [1.82, 2.24) is 0 Å². The molecule has 2 rings (SSSR count). The van der Waals surface area contributed by atoms with Gasteiger partial charge in [-0.1, -0.05) is 17.7 Å². The van der Waals surface area contributed by atoms with Gasteiger partial charge in [-0.2, -0.15) is 0 Å². The van der Waals surface area contributed by atoms with Crippen LogP contribution in [0.3, 0.4) is 0 Å². The summed E-state index contributed by atoms with van der Waals surface area (Å²) in [6, 6.07) is 16.0. The first-order valence-corrected chi connectivity index (χ1v) is 4.78. The van der Waals surface area contributed by atoms with Gasteiger partial charge in [0, 0.05) is 23.5 Å². The molecule has 0 aliphatic carbocycles. The van der Waals surface area contributed by atoms with Gasteiger partial charge in [-0.15, -0.1) is 0 Å². The van der Waals surface area contributed by atoms with Gasteiger partial charge < -0.3 is 10.4 Å². The molecule has 2 heteroatoms. The highest BCUT2D eigenvalue weighted by Crippen LogP contribution is 2.20. The molecule has 0 fully saturated rings. The topological polar surface area (TPSA) is 32.3 Å². The molecule has 2 N–H and O–H groups in total. The van der Waals surface area contributed by atoms with Gasteiger partial charge in [0.25, 0.3) is 0 Å². The summed E-state index contributed by atoms with van der Waals surface area (Å²) < 4.78 is 0. The van der Waals surface area contributed by atoms with Crippen LogP contribution in [0.5, 0.6) is 5.75 Å². The lowest BCUT2D eigenvalue weighted by Crippen LogP contribution is -1.89. The van der Waals surface area contributed by atoms with E-state index in [9.17, 15) is 5.11 Å². The second-order valence-electron chi connectivity index (χ2n) is 3.45. The SMILES string of the molecule is Cc1ccc(Nc2cc[c]c(O)c2)cc1. The van der Waals surface area contributed by atoms with Crippen molar-refractivity contribution in [3.05, 3.63) is 54.1 Å². The minimum Gasteiger partial charge on any atom is -0.507 e. The van der Waals surface area contributed by atoms with Crippen molar-refractivity contribution < 1.29 is 5.11 Å². The van der Waals surface area contributed by atoms with Gasteiger partial charge in [0.1, 0.15) is 5.75 Å². The summed E-state index contributed by atoms with van der Waals surface area (Å²) in [6.07, 6.45) is 0. The maximum absolute atomic E-state index is 9.24. The van der Waals surface area contributed by atoms with Crippen molar-refractivity contribution in [1.29, 1.82) is 0 Å². The average molecular weight is 198 g/mol. The molecule has 0 saturated carbocycles. The third-order valence-corrected chi connectivity index (χ3v) is 2.13. The van der Waals surface area contributed by atoms with Crippen LogP contribution in [-0.2, 0) is 0 Å². The number of rotatable bonds is 2. The van der Waals surface area contributed by atoms with Crippen LogP contribution >= 0.6 is 0 Å². The predicted octanol–water partition coefficient (Wildman–Crippen LogP) is 3.24. The number of anilines is 2. The zero-order valence-corrected chi connectivity index (χ0v) is 8.49. The Morgan fingerprint density at radius 1 is 1.07 bits per heavy atom. The molecular formula is C13H12NO. The van der Waals surface area contributed by atoms with Gasteiger partial charge in [0.05, 0.1) is 0 Å². The first-order chi connectivity index (χ1) is 7.24. The molecule has 0 atom stereocenters. The van der Waals surface area contributed by atoms with Crippen LogP contribution in [0.25, 0.3) is 0 Å². The minimum atomic E-state index is 0.145. The van der Waals surface area contributed by atoms with Crippen molar-refractivity contribution in [3.8, 4) is 5.75 Å². The van der Waals surface area contributed by atoms with Gasteiger partial charge in [0.2, 0.25) is 0 Å². The largest absolute Gasteiger partial charge is 0.507 e. The lowest BCUT2D eigenvalue weighted by molar-refractivity contribution is 0.474. The Labute approximate surface area is 89.2 Å². The summed E-state index contributed by atoms with van der Waals surface area (Å²) in [7, 11) is 0. The second-order valence-corrected chi connectivity index (χ2v) is 3.45. The first-order valence-electron chi connectivity index (χ1n) is 4.78. The highest BCUT2D eigenvalue weighted by atomic mass is 16.3. The maximum Gasteiger partial charge on any atom is 0.125 e. The summed E-state index contributed by atoms with van der Waals surface area (Å²) in [5, 5.41) is 12.4. The molecule has 0 heterocycles. The Kier molecular flexibility index (Phi) is 2.59. The molecule has 2 aromatic carbocycles. The van der Waals surface area contributed by atoms with Crippen LogP contribution in [0, 0.1) is 13.0 Å². The Morgan fingerprint density at radius 3 is 2.47 bits per heavy atom. The molecule has 15 heavy (non-hydrogen) atoms. The lowest BCUT2D eigenvalue weighted by Gasteiger charge is -2.06. The van der Waals surface area contributed by atoms with Crippen LogP contribution in [0.1, 0.15) is 5.56 Å². The Hall–Kier alpha value is -1.96. The van der Waals surface area contributed by atoms with E-state index in [1.54, 1.807) is 12.1 Å². The quantitative estimate of drug-likeness (QED) is 0.776. The zero-order valence-electron chi connectivity index (χ0n) is 8.49. The van der Waals surface area contributed by atoms with Gasteiger partial charge in [0.15, 0.2) is 0 Å². The summed E-state index contributed by atoms with van der Waals surface area (Å²) in [5.74, 6) is 0.145. The van der Waals surface area contributed by atoms with E-state index in [1.165, 1.54) is 5.56 Å². The van der Waals surface area contributed by atoms with E-state index in [0.717, 1.165) is 11.4 Å². The molecule has 0 aliphatic rings. The summed E-state index contributed by atoms with van der Waals surface area (Å²) in [5.41, 5.74) is 3.09. The zero-order chi connectivity index (χ0) is 10.7. The monoisotopic (exact) mass is 198 g/mol. The number of hydrogen-bond acceptors (Lipinski definition) is 2. The Morgan fingerprint density at radius 2 is 1.80 bits per heavy atom. The van der Waals surface area contributed by atoms with Crippen LogP contribution in [0.4, 0.5) is 11.4 Å². The summed E-state index contributed by atoms with van der Waals surface area (Å²) in [6.45, 7) is 2.05. The highest BCUT2D eigenvalue weighted by molar-refractivity contribution is 5.60. The van der Waals surface area contributed by atoms with E-state index in [4.69, 9.17) is 0 Å². The molecule has 75 valence electrons. The third-order valence-electron chi connectivity index (χ3n) is 2.13. The predicted molar refractivity (Wildman–Crippen MR) is 61.4 cm³/mol. The smallest absolute Gasteiger partial charge is 0.125 e. The maximum atomic E-state index is 9.24. The molecular weight excluding hydrogens is 186 g/mol. The number of hydrogen-bond donors (Lipinski definition) is 2. The molecule has 0 saturated heterocycles. The number of aryl methyl sites for hydroxylation is 1. The number of phenols is 1. The Balaban J connectivity index is 2.18. The van der Waals surface area contributed by atoms with E-state index in [1.807, 2.05) is 37.3 Å². The van der Waals surface area contributed by atoms with Gasteiger partial charge in [-0.3, -0.25) is 0 Å². The molecule has 0 amide bonds. The summed E-state index contributed by atoms with van der Waals surface area (Å²) in [4.78, 5) is 0. The second kappa shape index (κ2) is 4.05. The standard InChI is InChI=1S/C13H12NO/c1-10-5-7-11(8-6-10)14-12-3-2-4-13(15)9-12/h2-3,5-9,14-15H,1H3. The van der Waals surface area contributed by atoms with Crippen molar-refractivity contribution >= 4 is 11.4 Å². The van der Waals surface area contributed by atoms with Crippen LogP contribution in [0.2, 0.25) is 0 Å². The van der Waals surface area contributed by atoms with Gasteiger partial charge >= 0.3 is 0 Å². The highest BCUT2D eigenvalue weighted by Gasteiger charge is 1.95. The van der Waals surface area contributed by atoms with Gasteiger partial charge in [-0.05, 0) is 31.2 Å². The number of nitrogens with one attached hydrogen (secondary N) is 1. The molecule has 0 unspecified atom stereocenters. The van der Waals surface area contributed by atoms with E-state index in [-0.39, 0.29) is 5.75 Å². The fraction of sp³-hybridized carbons (Fsp3) is 0.0769. The normalized spacial score (nSPS) is 9.93. The van der Waals surface area contributed by atoms with E-state index in [2.05, 4.69) is 11.4 Å². The van der Waals surface area contributed by atoms with Gasteiger partial charge in [-0.25, -0.2) is 0 Å². The number of benzene rings is 2. The third kappa shape index (κ3) is 2.50. The van der Waals surface area contributed by atoms with Crippen molar-refractivity contribution in [2.24, 2.45) is 0 Å². The lowest BCUT2D eigenvalue weighted by atomic mass is 10.2. The van der Waals surface area contributed by atoms with Crippen molar-refractivity contribution in [3.63, 3.8) is 0 Å². The van der Waals surface area contributed by atoms with E-state index >= 15 is 0 Å². The van der Waals surface area contributed by atoms with Crippen LogP contribution in [-0.4, -0.2) is 5.11 Å². The van der Waals surface area contributed by atoms with Crippen LogP contribution in [0.15, 0.2) is 42.5 Å². The van der Waals surface area contributed by atoms with Crippen molar-refractivity contribution in [2.45, 2.75) is 6.92 Å². The number of aromatic hydroxyl groups is 1. The van der Waals surface area contributed by atoms with E-state index in [0.29, 0.717) is 0 Å².